The molecule has 7 nitrogen and oxygen atoms in total. The summed E-state index contributed by atoms with van der Waals surface area (Å²) < 4.78 is 5.23. The first kappa shape index (κ1) is 15.2. The number of carbonyl (C=O) groups excluding carboxylic acids is 1. The largest absolute Gasteiger partial charge is 0.444 e. The van der Waals surface area contributed by atoms with Gasteiger partial charge in [-0.15, -0.1) is 0 Å². The zero-order valence-corrected chi connectivity index (χ0v) is 12.3. The number of aromatic nitrogens is 1. The smallest absolute Gasteiger partial charge is 0.410 e. The Bertz CT molecular complexity index is 542. The number of aliphatic hydroxyl groups is 1. The molecule has 2 N–H and O–H groups in total. The molecule has 0 radical (unpaired) electrons. The number of ether oxygens (including phenoxy) is 1. The Morgan fingerprint density at radius 2 is 2.14 bits per heavy atom. The molecule has 21 heavy (non-hydrogen) atoms. The number of β-amino-alcohol motifs (C(OH)–C–C–N with tert-alkyl or cyclic N) is 1. The van der Waals surface area contributed by atoms with Crippen LogP contribution in [0.25, 0.3) is 0 Å². The number of hydrogen-bond donors (Lipinski definition) is 2. The number of amides is 1. The Hall–Kier alpha value is -2.15. The van der Waals surface area contributed by atoms with Crippen molar-refractivity contribution < 1.29 is 19.8 Å². The summed E-state index contributed by atoms with van der Waals surface area (Å²) in [6.07, 6.45) is 2.29. The summed E-state index contributed by atoms with van der Waals surface area (Å²) in [6, 6.07) is 3.32. The van der Waals surface area contributed by atoms with Crippen molar-refractivity contribution in [2.24, 2.45) is 5.16 Å². The monoisotopic (exact) mass is 293 g/mol. The molecule has 1 amide bonds. The van der Waals surface area contributed by atoms with Crippen molar-refractivity contribution >= 4 is 12.3 Å². The molecule has 2 heterocycles. The van der Waals surface area contributed by atoms with Crippen LogP contribution >= 0.6 is 0 Å². The molecule has 1 aliphatic heterocycles. The molecule has 1 aromatic rings. The van der Waals surface area contributed by atoms with Gasteiger partial charge in [0.15, 0.2) is 0 Å². The number of oxime groups is 1. The zero-order chi connectivity index (χ0) is 15.7. The third-order valence-corrected chi connectivity index (χ3v) is 3.03. The van der Waals surface area contributed by atoms with Gasteiger partial charge in [-0.2, -0.15) is 0 Å². The number of nitrogens with zero attached hydrogens (tertiary/aromatic N) is 3. The van der Waals surface area contributed by atoms with Crippen LogP contribution in [-0.2, 0) is 10.3 Å². The first-order valence-corrected chi connectivity index (χ1v) is 6.58. The van der Waals surface area contributed by atoms with Crippen molar-refractivity contribution in [3.63, 3.8) is 0 Å². The third-order valence-electron chi connectivity index (χ3n) is 3.03. The molecular weight excluding hydrogens is 274 g/mol. The lowest BCUT2D eigenvalue weighted by atomic mass is 9.90. The summed E-state index contributed by atoms with van der Waals surface area (Å²) in [5.41, 5.74) is -0.634. The molecule has 114 valence electrons. The van der Waals surface area contributed by atoms with Crippen molar-refractivity contribution in [2.75, 3.05) is 13.1 Å². The van der Waals surface area contributed by atoms with Gasteiger partial charge < -0.3 is 20.0 Å². The van der Waals surface area contributed by atoms with Gasteiger partial charge in [0.2, 0.25) is 0 Å². The maximum atomic E-state index is 11.8. The molecule has 1 fully saturated rings. The van der Waals surface area contributed by atoms with Gasteiger partial charge in [-0.1, -0.05) is 5.16 Å². The van der Waals surface area contributed by atoms with Gasteiger partial charge in [0, 0.05) is 11.8 Å². The second-order valence-electron chi connectivity index (χ2n) is 6.09. The van der Waals surface area contributed by atoms with E-state index in [1.807, 2.05) is 0 Å². The van der Waals surface area contributed by atoms with Gasteiger partial charge in [-0.25, -0.2) is 4.79 Å². The fourth-order valence-electron chi connectivity index (χ4n) is 2.03. The number of likely N-dealkylation sites (tertiary alicyclic amines) is 1. The van der Waals surface area contributed by atoms with Crippen LogP contribution in [0.5, 0.6) is 0 Å². The summed E-state index contributed by atoms with van der Waals surface area (Å²) >= 11 is 0. The van der Waals surface area contributed by atoms with E-state index in [0.717, 1.165) is 0 Å². The SMILES string of the molecule is CC(C)(C)OC(=O)N1CC(O)(c2ccc(/C=N/O)cn2)C1. The quantitative estimate of drug-likeness (QED) is 0.487. The Balaban J connectivity index is 1.99. The number of carbonyl (C=O) groups is 1. The molecule has 7 heteroatoms. The molecule has 0 bridgehead atoms. The molecule has 1 aromatic heterocycles. The minimum absolute atomic E-state index is 0.141. The van der Waals surface area contributed by atoms with Gasteiger partial charge in [0.25, 0.3) is 0 Å². The highest BCUT2D eigenvalue weighted by atomic mass is 16.6. The average molecular weight is 293 g/mol. The van der Waals surface area contributed by atoms with Gasteiger partial charge >= 0.3 is 6.09 Å². The van der Waals surface area contributed by atoms with Gasteiger partial charge in [-0.05, 0) is 32.9 Å². The molecule has 1 aliphatic rings. The van der Waals surface area contributed by atoms with E-state index in [4.69, 9.17) is 9.94 Å². The van der Waals surface area contributed by atoms with E-state index in [1.165, 1.54) is 17.3 Å². The number of rotatable bonds is 2. The molecule has 0 spiro atoms. The van der Waals surface area contributed by atoms with Crippen molar-refractivity contribution in [2.45, 2.75) is 32.0 Å². The topological polar surface area (TPSA) is 95.2 Å². The van der Waals surface area contributed by atoms with Crippen LogP contribution in [0.3, 0.4) is 0 Å². The van der Waals surface area contributed by atoms with E-state index >= 15 is 0 Å². The summed E-state index contributed by atoms with van der Waals surface area (Å²) in [5, 5.41) is 21.8. The van der Waals surface area contributed by atoms with Crippen LogP contribution < -0.4 is 0 Å². The minimum Gasteiger partial charge on any atom is -0.444 e. The van der Waals surface area contributed by atoms with Crippen molar-refractivity contribution in [3.8, 4) is 0 Å². The lowest BCUT2D eigenvalue weighted by Gasteiger charge is -2.45. The van der Waals surface area contributed by atoms with E-state index < -0.39 is 17.3 Å². The highest BCUT2D eigenvalue weighted by Gasteiger charge is 2.47. The van der Waals surface area contributed by atoms with E-state index in [1.54, 1.807) is 32.9 Å². The van der Waals surface area contributed by atoms with Crippen LogP contribution in [0.4, 0.5) is 4.79 Å². The van der Waals surface area contributed by atoms with Crippen LogP contribution in [0, 0.1) is 0 Å². The summed E-state index contributed by atoms with van der Waals surface area (Å²) in [6.45, 7) is 5.66. The standard InChI is InChI=1S/C14H19N3O4/c1-13(2,3)21-12(18)17-8-14(19,9-17)11-5-4-10(6-15-11)7-16-20/h4-7,19-20H,8-9H2,1-3H3/b16-7+. The van der Waals surface area contributed by atoms with Crippen molar-refractivity contribution in [3.05, 3.63) is 29.6 Å². The Labute approximate surface area is 122 Å². The third kappa shape index (κ3) is 3.49. The van der Waals surface area contributed by atoms with Gasteiger partial charge in [0.1, 0.15) is 11.2 Å². The normalized spacial score (nSPS) is 17.6. The Morgan fingerprint density at radius 1 is 1.48 bits per heavy atom. The predicted molar refractivity (Wildman–Crippen MR) is 75.3 cm³/mol. The fourth-order valence-corrected chi connectivity index (χ4v) is 2.03. The van der Waals surface area contributed by atoms with Crippen LogP contribution in [0.2, 0.25) is 0 Å². The fraction of sp³-hybridized carbons (Fsp3) is 0.500. The minimum atomic E-state index is -1.16. The van der Waals surface area contributed by atoms with Crippen LogP contribution in [0.1, 0.15) is 32.0 Å². The highest BCUT2D eigenvalue weighted by Crippen LogP contribution is 2.31. The number of pyridine rings is 1. The summed E-state index contributed by atoms with van der Waals surface area (Å²) in [7, 11) is 0. The second-order valence-corrected chi connectivity index (χ2v) is 6.09. The van der Waals surface area contributed by atoms with Crippen molar-refractivity contribution in [1.29, 1.82) is 0 Å². The molecule has 0 atom stereocenters. The summed E-state index contributed by atoms with van der Waals surface area (Å²) in [5.74, 6) is 0. The van der Waals surface area contributed by atoms with Crippen molar-refractivity contribution in [1.82, 2.24) is 9.88 Å². The average Bonchev–Trinajstić information content (AvgIpc) is 2.34. The van der Waals surface area contributed by atoms with E-state index in [0.29, 0.717) is 11.3 Å². The Morgan fingerprint density at radius 3 is 2.62 bits per heavy atom. The van der Waals surface area contributed by atoms with Crippen LogP contribution in [-0.4, -0.2) is 51.2 Å². The van der Waals surface area contributed by atoms with E-state index in [2.05, 4.69) is 10.1 Å². The highest BCUT2D eigenvalue weighted by molar-refractivity contribution is 5.78. The van der Waals surface area contributed by atoms with E-state index in [-0.39, 0.29) is 13.1 Å². The lowest BCUT2D eigenvalue weighted by molar-refractivity contribution is -0.106. The van der Waals surface area contributed by atoms with Crippen LogP contribution in [0.15, 0.2) is 23.5 Å². The number of hydrogen-bond acceptors (Lipinski definition) is 6. The molecule has 0 saturated carbocycles. The lowest BCUT2D eigenvalue weighted by Crippen LogP contribution is -2.62. The molecule has 0 aliphatic carbocycles. The molecule has 0 aromatic carbocycles. The Kier molecular flexibility index (Phi) is 3.87. The first-order valence-electron chi connectivity index (χ1n) is 6.58. The van der Waals surface area contributed by atoms with Gasteiger partial charge in [0.05, 0.1) is 25.0 Å². The zero-order valence-electron chi connectivity index (χ0n) is 12.3. The maximum absolute atomic E-state index is 11.8. The summed E-state index contributed by atoms with van der Waals surface area (Å²) in [4.78, 5) is 17.4. The molecule has 1 saturated heterocycles. The van der Waals surface area contributed by atoms with E-state index in [9.17, 15) is 9.90 Å². The molecular formula is C14H19N3O4. The molecule has 0 unspecified atom stereocenters. The maximum Gasteiger partial charge on any atom is 0.410 e. The first-order chi connectivity index (χ1) is 9.73. The molecule has 2 rings (SSSR count). The van der Waals surface area contributed by atoms with Gasteiger partial charge in [-0.3, -0.25) is 4.98 Å². The predicted octanol–water partition coefficient (Wildman–Crippen LogP) is 1.33. The second kappa shape index (κ2) is 5.33.